The predicted octanol–water partition coefficient (Wildman–Crippen LogP) is 2.57. The molecule has 128 valence electrons. The number of carbonyl (C=O) groups is 2. The Bertz CT molecular complexity index is 933. The van der Waals surface area contributed by atoms with E-state index >= 15 is 0 Å². The van der Waals surface area contributed by atoms with Crippen LogP contribution in [-0.4, -0.2) is 26.5 Å². The SMILES string of the molecule is Cn1c(COc2cccc(NC(=O)CC(=O)O)c2)nc2ccccc21. The Balaban J connectivity index is 1.68. The molecule has 2 N–H and O–H groups in total. The molecule has 1 amide bonds. The predicted molar refractivity (Wildman–Crippen MR) is 92.4 cm³/mol. The van der Waals surface area contributed by atoms with Gasteiger partial charge in [0.05, 0.1) is 11.0 Å². The number of hydrogen-bond acceptors (Lipinski definition) is 4. The minimum Gasteiger partial charge on any atom is -0.486 e. The van der Waals surface area contributed by atoms with Gasteiger partial charge in [-0.1, -0.05) is 18.2 Å². The van der Waals surface area contributed by atoms with Crippen LogP contribution in [0.25, 0.3) is 11.0 Å². The number of imidazole rings is 1. The zero-order valence-electron chi connectivity index (χ0n) is 13.6. The topological polar surface area (TPSA) is 93.5 Å². The number of aryl methyl sites for hydroxylation is 1. The van der Waals surface area contributed by atoms with Crippen molar-refractivity contribution < 1.29 is 19.4 Å². The number of benzene rings is 2. The fraction of sp³-hybridized carbons (Fsp3) is 0.167. The lowest BCUT2D eigenvalue weighted by atomic mass is 10.3. The molecule has 0 fully saturated rings. The van der Waals surface area contributed by atoms with Crippen molar-refractivity contribution in [2.45, 2.75) is 13.0 Å². The average Bonchev–Trinajstić information content (AvgIpc) is 2.89. The number of hydrogen-bond donors (Lipinski definition) is 2. The fourth-order valence-corrected chi connectivity index (χ4v) is 2.48. The van der Waals surface area contributed by atoms with Crippen LogP contribution in [0.15, 0.2) is 48.5 Å². The van der Waals surface area contributed by atoms with E-state index < -0.39 is 18.3 Å². The number of anilines is 1. The number of ether oxygens (including phenoxy) is 1. The monoisotopic (exact) mass is 339 g/mol. The number of aliphatic carboxylic acids is 1. The molecule has 7 nitrogen and oxygen atoms in total. The number of para-hydroxylation sites is 2. The van der Waals surface area contributed by atoms with Crippen molar-refractivity contribution in [3.8, 4) is 5.75 Å². The van der Waals surface area contributed by atoms with Crippen molar-refractivity contribution in [2.75, 3.05) is 5.32 Å². The molecular weight excluding hydrogens is 322 g/mol. The Labute approximate surface area is 143 Å². The molecule has 1 heterocycles. The lowest BCUT2D eigenvalue weighted by Gasteiger charge is -2.09. The van der Waals surface area contributed by atoms with Gasteiger partial charge in [0.15, 0.2) is 0 Å². The lowest BCUT2D eigenvalue weighted by Crippen LogP contribution is -2.15. The molecule has 0 atom stereocenters. The van der Waals surface area contributed by atoms with Gasteiger partial charge in [-0.3, -0.25) is 9.59 Å². The van der Waals surface area contributed by atoms with Gasteiger partial charge in [-0.25, -0.2) is 4.98 Å². The number of carboxylic acids is 1. The number of fused-ring (bicyclic) bond motifs is 1. The molecule has 3 aromatic rings. The molecule has 0 aliphatic rings. The van der Waals surface area contributed by atoms with Gasteiger partial charge in [0.25, 0.3) is 0 Å². The van der Waals surface area contributed by atoms with E-state index in [1.165, 1.54) is 0 Å². The Morgan fingerprint density at radius 1 is 1.20 bits per heavy atom. The van der Waals surface area contributed by atoms with E-state index in [0.717, 1.165) is 16.9 Å². The average molecular weight is 339 g/mol. The smallest absolute Gasteiger partial charge is 0.312 e. The van der Waals surface area contributed by atoms with Crippen molar-refractivity contribution in [3.05, 3.63) is 54.4 Å². The van der Waals surface area contributed by atoms with E-state index in [4.69, 9.17) is 9.84 Å². The van der Waals surface area contributed by atoms with Crippen LogP contribution in [-0.2, 0) is 23.2 Å². The van der Waals surface area contributed by atoms with Crippen LogP contribution in [0.1, 0.15) is 12.2 Å². The zero-order valence-corrected chi connectivity index (χ0v) is 13.6. The van der Waals surface area contributed by atoms with E-state index in [-0.39, 0.29) is 6.61 Å². The first-order valence-corrected chi connectivity index (χ1v) is 7.68. The first-order chi connectivity index (χ1) is 12.0. The largest absolute Gasteiger partial charge is 0.486 e. The summed E-state index contributed by atoms with van der Waals surface area (Å²) in [5.41, 5.74) is 2.41. The summed E-state index contributed by atoms with van der Waals surface area (Å²) in [6.45, 7) is 0.276. The third kappa shape index (κ3) is 3.95. The maximum absolute atomic E-state index is 11.5. The van der Waals surface area contributed by atoms with Crippen molar-refractivity contribution in [3.63, 3.8) is 0 Å². The van der Waals surface area contributed by atoms with Gasteiger partial charge in [-0.15, -0.1) is 0 Å². The summed E-state index contributed by atoms with van der Waals surface area (Å²) >= 11 is 0. The maximum Gasteiger partial charge on any atom is 0.312 e. The van der Waals surface area contributed by atoms with E-state index in [1.54, 1.807) is 24.3 Å². The van der Waals surface area contributed by atoms with Crippen LogP contribution in [0.4, 0.5) is 5.69 Å². The quantitative estimate of drug-likeness (QED) is 0.673. The molecule has 2 aromatic carbocycles. The third-order valence-corrected chi connectivity index (χ3v) is 3.68. The standard InChI is InChI=1S/C18H17N3O4/c1-21-15-8-3-2-7-14(15)20-16(21)11-25-13-6-4-5-12(9-13)19-17(22)10-18(23)24/h2-9H,10-11H2,1H3,(H,19,22)(H,23,24). The summed E-state index contributed by atoms with van der Waals surface area (Å²) in [7, 11) is 1.93. The molecule has 0 saturated carbocycles. The molecule has 0 radical (unpaired) electrons. The van der Waals surface area contributed by atoms with Gasteiger partial charge in [0, 0.05) is 18.8 Å². The number of carbonyl (C=O) groups excluding carboxylic acids is 1. The second-order valence-electron chi connectivity index (χ2n) is 5.51. The molecule has 7 heteroatoms. The highest BCUT2D eigenvalue weighted by molar-refractivity contribution is 6.01. The lowest BCUT2D eigenvalue weighted by molar-refractivity contribution is -0.139. The minimum atomic E-state index is -1.17. The summed E-state index contributed by atoms with van der Waals surface area (Å²) in [6.07, 6.45) is -0.578. The molecule has 25 heavy (non-hydrogen) atoms. The van der Waals surface area contributed by atoms with E-state index in [0.29, 0.717) is 11.4 Å². The second kappa shape index (κ2) is 7.04. The maximum atomic E-state index is 11.5. The minimum absolute atomic E-state index is 0.276. The van der Waals surface area contributed by atoms with Crippen LogP contribution >= 0.6 is 0 Å². The molecule has 3 rings (SSSR count). The van der Waals surface area contributed by atoms with Gasteiger partial charge >= 0.3 is 5.97 Å². The van der Waals surface area contributed by atoms with E-state index in [1.807, 2.05) is 35.9 Å². The van der Waals surface area contributed by atoms with Gasteiger partial charge in [0.2, 0.25) is 5.91 Å². The normalized spacial score (nSPS) is 10.6. The molecule has 0 saturated heterocycles. The van der Waals surface area contributed by atoms with Gasteiger partial charge in [-0.2, -0.15) is 0 Å². The number of aromatic nitrogens is 2. The van der Waals surface area contributed by atoms with Crippen LogP contribution in [0, 0.1) is 0 Å². The van der Waals surface area contributed by atoms with Gasteiger partial charge < -0.3 is 19.7 Å². The zero-order chi connectivity index (χ0) is 17.8. The van der Waals surface area contributed by atoms with E-state index in [9.17, 15) is 9.59 Å². The Hall–Kier alpha value is -3.35. The molecular formula is C18H17N3O4. The first-order valence-electron chi connectivity index (χ1n) is 7.68. The summed E-state index contributed by atoms with van der Waals surface area (Å²) in [5, 5.41) is 11.1. The molecule has 0 unspecified atom stereocenters. The third-order valence-electron chi connectivity index (χ3n) is 3.68. The van der Waals surface area contributed by atoms with Gasteiger partial charge in [-0.05, 0) is 24.3 Å². The number of nitrogens with zero attached hydrogens (tertiary/aromatic N) is 2. The Morgan fingerprint density at radius 3 is 2.76 bits per heavy atom. The molecule has 0 bridgehead atoms. The summed E-state index contributed by atoms with van der Waals surface area (Å²) in [5.74, 6) is -0.423. The summed E-state index contributed by atoms with van der Waals surface area (Å²) in [6, 6.07) is 14.6. The number of amides is 1. The van der Waals surface area contributed by atoms with Crippen molar-refractivity contribution in [1.29, 1.82) is 0 Å². The fourth-order valence-electron chi connectivity index (χ4n) is 2.48. The molecule has 0 aliphatic heterocycles. The highest BCUT2D eigenvalue weighted by Crippen LogP contribution is 2.20. The van der Waals surface area contributed by atoms with Crippen molar-refractivity contribution >= 4 is 28.6 Å². The number of nitrogens with one attached hydrogen (secondary N) is 1. The highest BCUT2D eigenvalue weighted by atomic mass is 16.5. The summed E-state index contributed by atoms with van der Waals surface area (Å²) < 4.78 is 7.72. The van der Waals surface area contributed by atoms with E-state index in [2.05, 4.69) is 10.3 Å². The molecule has 1 aromatic heterocycles. The molecule has 0 aliphatic carbocycles. The number of carboxylic acid groups (broad SMARTS) is 1. The van der Waals surface area contributed by atoms with Crippen molar-refractivity contribution in [1.82, 2.24) is 9.55 Å². The first kappa shape index (κ1) is 16.5. The summed E-state index contributed by atoms with van der Waals surface area (Å²) in [4.78, 5) is 26.6. The Kier molecular flexibility index (Phi) is 4.65. The number of rotatable bonds is 6. The van der Waals surface area contributed by atoms with Gasteiger partial charge in [0.1, 0.15) is 24.6 Å². The Morgan fingerprint density at radius 2 is 2.00 bits per heavy atom. The highest BCUT2D eigenvalue weighted by Gasteiger charge is 2.10. The van der Waals surface area contributed by atoms with Crippen molar-refractivity contribution in [2.24, 2.45) is 7.05 Å². The van der Waals surface area contributed by atoms with Crippen LogP contribution < -0.4 is 10.1 Å². The second-order valence-corrected chi connectivity index (χ2v) is 5.51. The molecule has 0 spiro atoms. The van der Waals surface area contributed by atoms with Crippen LogP contribution in [0.2, 0.25) is 0 Å². The van der Waals surface area contributed by atoms with Crippen LogP contribution in [0.5, 0.6) is 5.75 Å². The van der Waals surface area contributed by atoms with Crippen LogP contribution in [0.3, 0.4) is 0 Å².